The van der Waals surface area contributed by atoms with E-state index in [9.17, 15) is 4.79 Å². The highest BCUT2D eigenvalue weighted by molar-refractivity contribution is 7.10. The topological polar surface area (TPSA) is 38.3 Å². The molecule has 2 atom stereocenters. The summed E-state index contributed by atoms with van der Waals surface area (Å²) in [5, 5.41) is 5.55. The molecule has 0 aromatic carbocycles. The highest BCUT2D eigenvalue weighted by atomic mass is 32.1. The van der Waals surface area contributed by atoms with Crippen LogP contribution in [0.1, 0.15) is 44.5 Å². The van der Waals surface area contributed by atoms with Crippen LogP contribution in [0.3, 0.4) is 0 Å². The fraction of sp³-hybridized carbons (Fsp3) is 0.615. The van der Waals surface area contributed by atoms with Gasteiger partial charge in [0.1, 0.15) is 0 Å². The Morgan fingerprint density at radius 1 is 1.53 bits per heavy atom. The number of carbonyl (C=O) groups is 1. The van der Waals surface area contributed by atoms with Gasteiger partial charge < -0.3 is 10.1 Å². The van der Waals surface area contributed by atoms with Gasteiger partial charge in [-0.25, -0.2) is 0 Å². The molecule has 0 aliphatic rings. The molecular formula is C13H21NO2S. The third-order valence-corrected chi connectivity index (χ3v) is 3.54. The van der Waals surface area contributed by atoms with Gasteiger partial charge in [-0.3, -0.25) is 4.79 Å². The Morgan fingerprint density at radius 3 is 2.82 bits per heavy atom. The number of nitrogens with one attached hydrogen (secondary N) is 1. The Labute approximate surface area is 107 Å². The monoisotopic (exact) mass is 255 g/mol. The van der Waals surface area contributed by atoms with E-state index in [4.69, 9.17) is 4.74 Å². The molecule has 0 saturated heterocycles. The van der Waals surface area contributed by atoms with Crippen molar-refractivity contribution in [1.29, 1.82) is 0 Å². The maximum absolute atomic E-state index is 11.4. The summed E-state index contributed by atoms with van der Waals surface area (Å²) in [6, 6.07) is 4.66. The van der Waals surface area contributed by atoms with E-state index in [0.29, 0.717) is 19.1 Å². The quantitative estimate of drug-likeness (QED) is 0.761. The van der Waals surface area contributed by atoms with Crippen molar-refractivity contribution in [3.63, 3.8) is 0 Å². The van der Waals surface area contributed by atoms with E-state index < -0.39 is 0 Å². The van der Waals surface area contributed by atoms with Crippen LogP contribution in [-0.4, -0.2) is 18.6 Å². The summed E-state index contributed by atoms with van der Waals surface area (Å²) in [6.07, 6.45) is 1.45. The van der Waals surface area contributed by atoms with Crippen molar-refractivity contribution >= 4 is 17.3 Å². The molecule has 17 heavy (non-hydrogen) atoms. The Bertz CT molecular complexity index is 324. The minimum absolute atomic E-state index is 0.131. The molecule has 1 aromatic rings. The van der Waals surface area contributed by atoms with Gasteiger partial charge in [0.05, 0.1) is 13.0 Å². The largest absolute Gasteiger partial charge is 0.466 e. The van der Waals surface area contributed by atoms with Crippen LogP contribution < -0.4 is 5.32 Å². The maximum atomic E-state index is 11.4. The lowest BCUT2D eigenvalue weighted by Gasteiger charge is -2.20. The first-order chi connectivity index (χ1) is 8.17. The van der Waals surface area contributed by atoms with Crippen molar-refractivity contribution in [1.82, 2.24) is 5.32 Å². The molecule has 3 nitrogen and oxygen atoms in total. The molecule has 1 heterocycles. The molecular weight excluding hydrogens is 234 g/mol. The summed E-state index contributed by atoms with van der Waals surface area (Å²) in [5.74, 6) is -0.131. The molecule has 0 saturated carbocycles. The Kier molecular flexibility index (Phi) is 6.22. The summed E-state index contributed by atoms with van der Waals surface area (Å²) in [4.78, 5) is 12.7. The third kappa shape index (κ3) is 4.88. The standard InChI is InChI=1S/C13H21NO2S/c1-4-11(12-7-6-8-17-12)14-10(3)9-13(15)16-5-2/h6-8,10-11,14H,4-5,9H2,1-3H3. The molecule has 1 N–H and O–H groups in total. The average Bonchev–Trinajstić information content (AvgIpc) is 2.79. The van der Waals surface area contributed by atoms with E-state index in [1.807, 2.05) is 13.8 Å². The van der Waals surface area contributed by atoms with E-state index in [1.165, 1.54) is 4.88 Å². The zero-order chi connectivity index (χ0) is 12.7. The highest BCUT2D eigenvalue weighted by Crippen LogP contribution is 2.22. The fourth-order valence-electron chi connectivity index (χ4n) is 1.76. The predicted molar refractivity (Wildman–Crippen MR) is 71.2 cm³/mol. The average molecular weight is 255 g/mol. The molecule has 0 spiro atoms. The minimum Gasteiger partial charge on any atom is -0.466 e. The summed E-state index contributed by atoms with van der Waals surface area (Å²) < 4.78 is 4.94. The number of hydrogen-bond acceptors (Lipinski definition) is 4. The van der Waals surface area contributed by atoms with Crippen molar-refractivity contribution in [3.05, 3.63) is 22.4 Å². The lowest BCUT2D eigenvalue weighted by atomic mass is 10.1. The van der Waals surface area contributed by atoms with Crippen LogP contribution in [0, 0.1) is 0 Å². The van der Waals surface area contributed by atoms with Crippen LogP contribution in [0.5, 0.6) is 0 Å². The third-order valence-electron chi connectivity index (χ3n) is 2.56. The van der Waals surface area contributed by atoms with Crippen LogP contribution >= 0.6 is 11.3 Å². The van der Waals surface area contributed by atoms with E-state index in [1.54, 1.807) is 11.3 Å². The van der Waals surface area contributed by atoms with Gasteiger partial charge in [-0.1, -0.05) is 13.0 Å². The van der Waals surface area contributed by atoms with Gasteiger partial charge in [0.25, 0.3) is 0 Å². The van der Waals surface area contributed by atoms with Gasteiger partial charge in [-0.2, -0.15) is 0 Å². The molecule has 0 aliphatic carbocycles. The number of carbonyl (C=O) groups excluding carboxylic acids is 1. The van der Waals surface area contributed by atoms with Crippen LogP contribution in [0.15, 0.2) is 17.5 Å². The van der Waals surface area contributed by atoms with Gasteiger partial charge in [0.15, 0.2) is 0 Å². The first-order valence-corrected chi connectivity index (χ1v) is 7.00. The van der Waals surface area contributed by atoms with Gasteiger partial charge >= 0.3 is 5.97 Å². The van der Waals surface area contributed by atoms with Crippen LogP contribution in [-0.2, 0) is 9.53 Å². The molecule has 4 heteroatoms. The zero-order valence-electron chi connectivity index (χ0n) is 10.7. The molecule has 1 rings (SSSR count). The molecule has 0 fully saturated rings. The van der Waals surface area contributed by atoms with Gasteiger partial charge in [0.2, 0.25) is 0 Å². The zero-order valence-corrected chi connectivity index (χ0v) is 11.5. The summed E-state index contributed by atoms with van der Waals surface area (Å²) >= 11 is 1.75. The lowest BCUT2D eigenvalue weighted by molar-refractivity contribution is -0.143. The SMILES string of the molecule is CCOC(=O)CC(C)NC(CC)c1cccs1. The molecule has 0 radical (unpaired) electrons. The Morgan fingerprint density at radius 2 is 2.29 bits per heavy atom. The van der Waals surface area contributed by atoms with E-state index in [2.05, 4.69) is 29.8 Å². The highest BCUT2D eigenvalue weighted by Gasteiger charge is 2.16. The molecule has 0 bridgehead atoms. The maximum Gasteiger partial charge on any atom is 0.307 e. The minimum atomic E-state index is -0.131. The number of ether oxygens (including phenoxy) is 1. The molecule has 2 unspecified atom stereocenters. The van der Waals surface area contributed by atoms with Crippen LogP contribution in [0.25, 0.3) is 0 Å². The number of hydrogen-bond donors (Lipinski definition) is 1. The second-order valence-electron chi connectivity index (χ2n) is 4.05. The number of esters is 1. The lowest BCUT2D eigenvalue weighted by Crippen LogP contribution is -2.32. The molecule has 0 aliphatic heterocycles. The van der Waals surface area contributed by atoms with Crippen LogP contribution in [0.2, 0.25) is 0 Å². The first-order valence-electron chi connectivity index (χ1n) is 6.12. The number of thiophene rings is 1. The van der Waals surface area contributed by atoms with Crippen molar-refractivity contribution < 1.29 is 9.53 Å². The smallest absolute Gasteiger partial charge is 0.307 e. The van der Waals surface area contributed by atoms with Crippen LogP contribution in [0.4, 0.5) is 0 Å². The van der Waals surface area contributed by atoms with Crippen molar-refractivity contribution in [2.45, 2.75) is 45.7 Å². The first kappa shape index (κ1) is 14.2. The normalized spacial score (nSPS) is 14.3. The molecule has 0 amide bonds. The molecule has 96 valence electrons. The predicted octanol–water partition coefficient (Wildman–Crippen LogP) is 3.13. The molecule has 1 aromatic heterocycles. The van der Waals surface area contributed by atoms with Crippen molar-refractivity contribution in [2.75, 3.05) is 6.61 Å². The fourth-order valence-corrected chi connectivity index (χ4v) is 2.63. The summed E-state index contributed by atoms with van der Waals surface area (Å²) in [5.41, 5.74) is 0. The van der Waals surface area contributed by atoms with E-state index in [-0.39, 0.29) is 12.0 Å². The second kappa shape index (κ2) is 7.45. The van der Waals surface area contributed by atoms with Gasteiger partial charge in [0, 0.05) is 17.0 Å². The van der Waals surface area contributed by atoms with Gasteiger partial charge in [-0.05, 0) is 31.7 Å². The summed E-state index contributed by atoms with van der Waals surface area (Å²) in [7, 11) is 0. The summed E-state index contributed by atoms with van der Waals surface area (Å²) in [6.45, 7) is 6.45. The van der Waals surface area contributed by atoms with Crippen molar-refractivity contribution in [3.8, 4) is 0 Å². The Balaban J connectivity index is 2.43. The van der Waals surface area contributed by atoms with E-state index in [0.717, 1.165) is 6.42 Å². The van der Waals surface area contributed by atoms with Gasteiger partial charge in [-0.15, -0.1) is 11.3 Å². The second-order valence-corrected chi connectivity index (χ2v) is 5.03. The Hall–Kier alpha value is -0.870. The van der Waals surface area contributed by atoms with E-state index >= 15 is 0 Å². The van der Waals surface area contributed by atoms with Crippen molar-refractivity contribution in [2.24, 2.45) is 0 Å². The number of rotatable bonds is 7.